The molecule has 0 rings (SSSR count). The Morgan fingerprint density at radius 3 is 2.07 bits per heavy atom. The molecule has 0 bridgehead atoms. The Labute approximate surface area is 91.5 Å². The van der Waals surface area contributed by atoms with Gasteiger partial charge in [-0.15, -0.1) is 0 Å². The summed E-state index contributed by atoms with van der Waals surface area (Å²) >= 11 is 0. The molecule has 0 aromatic rings. The second kappa shape index (κ2) is 9.55. The fraction of sp³-hybridized carbons (Fsp3) is 1.00. The highest BCUT2D eigenvalue weighted by atomic mass is 14.2. The summed E-state index contributed by atoms with van der Waals surface area (Å²) < 4.78 is 0. The molecule has 0 aliphatic heterocycles. The number of unbranched alkanes of at least 4 members (excludes halogenated alkanes) is 3. The van der Waals surface area contributed by atoms with E-state index in [4.69, 9.17) is 0 Å². The Morgan fingerprint density at radius 2 is 1.57 bits per heavy atom. The van der Waals surface area contributed by atoms with Gasteiger partial charge in [0.15, 0.2) is 0 Å². The van der Waals surface area contributed by atoms with Gasteiger partial charge in [-0.1, -0.05) is 72.6 Å². The van der Waals surface area contributed by atoms with Crippen LogP contribution in [0.2, 0.25) is 0 Å². The highest BCUT2D eigenvalue weighted by Crippen LogP contribution is 2.23. The molecule has 0 saturated carbocycles. The lowest BCUT2D eigenvalue weighted by molar-refractivity contribution is 0.343. The van der Waals surface area contributed by atoms with Gasteiger partial charge in [0, 0.05) is 0 Å². The Kier molecular flexibility index (Phi) is 9.55. The smallest absolute Gasteiger partial charge is 0.0414 e. The Morgan fingerprint density at radius 1 is 0.857 bits per heavy atom. The first-order valence-electron chi connectivity index (χ1n) is 6.74. The van der Waals surface area contributed by atoms with Crippen LogP contribution in [0.5, 0.6) is 0 Å². The Balaban J connectivity index is 3.47. The summed E-state index contributed by atoms with van der Waals surface area (Å²) in [6.07, 6.45) is 11.4. The molecule has 0 aromatic heterocycles. The molecule has 0 radical (unpaired) electrons. The second-order valence-corrected chi connectivity index (χ2v) is 4.87. The highest BCUT2D eigenvalue weighted by Gasteiger charge is 2.09. The average molecular weight is 198 g/mol. The van der Waals surface area contributed by atoms with Gasteiger partial charge in [-0.2, -0.15) is 0 Å². The van der Waals surface area contributed by atoms with Gasteiger partial charge >= 0.3 is 0 Å². The minimum absolute atomic E-state index is 0.936. The summed E-state index contributed by atoms with van der Waals surface area (Å²) in [7, 11) is 0. The molecule has 0 aromatic carbocycles. The van der Waals surface area contributed by atoms with E-state index in [0.717, 1.165) is 11.8 Å². The molecule has 0 heteroatoms. The van der Waals surface area contributed by atoms with E-state index in [1.165, 1.54) is 51.4 Å². The molecule has 0 fully saturated rings. The summed E-state index contributed by atoms with van der Waals surface area (Å²) in [4.78, 5) is 0. The minimum atomic E-state index is 0.936. The fourth-order valence-electron chi connectivity index (χ4n) is 2.08. The van der Waals surface area contributed by atoms with Crippen LogP contribution in [-0.2, 0) is 0 Å². The van der Waals surface area contributed by atoms with Gasteiger partial charge in [0.2, 0.25) is 0 Å². The topological polar surface area (TPSA) is 0 Å². The average Bonchev–Trinajstić information content (AvgIpc) is 2.22. The molecular weight excluding hydrogens is 168 g/mol. The Bertz CT molecular complexity index is 107. The zero-order valence-electron chi connectivity index (χ0n) is 10.8. The zero-order valence-corrected chi connectivity index (χ0v) is 10.8. The molecule has 2 atom stereocenters. The van der Waals surface area contributed by atoms with Crippen molar-refractivity contribution < 1.29 is 0 Å². The third kappa shape index (κ3) is 7.41. The fourth-order valence-corrected chi connectivity index (χ4v) is 2.08. The van der Waals surface area contributed by atoms with Gasteiger partial charge in [0.05, 0.1) is 0 Å². The summed E-state index contributed by atoms with van der Waals surface area (Å²) in [6, 6.07) is 0. The first kappa shape index (κ1) is 14.0. The van der Waals surface area contributed by atoms with E-state index in [-0.39, 0.29) is 0 Å². The normalized spacial score (nSPS) is 15.4. The largest absolute Gasteiger partial charge is 0.0654 e. The van der Waals surface area contributed by atoms with Crippen molar-refractivity contribution in [2.45, 2.75) is 79.1 Å². The van der Waals surface area contributed by atoms with Crippen LogP contribution < -0.4 is 0 Å². The zero-order chi connectivity index (χ0) is 10.8. The van der Waals surface area contributed by atoms with Gasteiger partial charge in [-0.3, -0.25) is 0 Å². The standard InChI is InChI=1S/C14H30/c1-5-8-9-10-11-14(7-3)12-13(4)6-2/h13-14H,5-12H2,1-4H3. The lowest BCUT2D eigenvalue weighted by atomic mass is 9.88. The monoisotopic (exact) mass is 198 g/mol. The van der Waals surface area contributed by atoms with Crippen molar-refractivity contribution in [3.63, 3.8) is 0 Å². The molecular formula is C14H30. The van der Waals surface area contributed by atoms with Crippen molar-refractivity contribution >= 4 is 0 Å². The van der Waals surface area contributed by atoms with Gasteiger partial charge in [0.25, 0.3) is 0 Å². The molecule has 0 saturated heterocycles. The molecule has 0 heterocycles. The lowest BCUT2D eigenvalue weighted by Crippen LogP contribution is -2.05. The van der Waals surface area contributed by atoms with Crippen molar-refractivity contribution in [1.82, 2.24) is 0 Å². The van der Waals surface area contributed by atoms with E-state index in [1.807, 2.05) is 0 Å². The predicted molar refractivity (Wildman–Crippen MR) is 66.6 cm³/mol. The van der Waals surface area contributed by atoms with Crippen molar-refractivity contribution in [3.05, 3.63) is 0 Å². The van der Waals surface area contributed by atoms with Gasteiger partial charge < -0.3 is 0 Å². The van der Waals surface area contributed by atoms with Crippen molar-refractivity contribution in [1.29, 1.82) is 0 Å². The van der Waals surface area contributed by atoms with Crippen LogP contribution >= 0.6 is 0 Å². The SMILES string of the molecule is CCCCCCC(CC)CC(C)CC. The maximum atomic E-state index is 2.40. The maximum absolute atomic E-state index is 2.40. The van der Waals surface area contributed by atoms with E-state index in [0.29, 0.717) is 0 Å². The van der Waals surface area contributed by atoms with Gasteiger partial charge in [-0.25, -0.2) is 0 Å². The van der Waals surface area contributed by atoms with Gasteiger partial charge in [-0.05, 0) is 18.3 Å². The molecule has 86 valence electrons. The van der Waals surface area contributed by atoms with Crippen LogP contribution in [-0.4, -0.2) is 0 Å². The third-order valence-corrected chi connectivity index (χ3v) is 3.48. The number of rotatable bonds is 9. The summed E-state index contributed by atoms with van der Waals surface area (Å²) in [5, 5.41) is 0. The van der Waals surface area contributed by atoms with Crippen molar-refractivity contribution in [2.24, 2.45) is 11.8 Å². The van der Waals surface area contributed by atoms with E-state index >= 15 is 0 Å². The predicted octanol–water partition coefficient (Wildman–Crippen LogP) is 5.42. The first-order chi connectivity index (χ1) is 6.74. The van der Waals surface area contributed by atoms with Crippen LogP contribution in [0.4, 0.5) is 0 Å². The number of hydrogen-bond acceptors (Lipinski definition) is 0. The molecule has 0 spiro atoms. The van der Waals surface area contributed by atoms with Crippen LogP contribution in [0.3, 0.4) is 0 Å². The summed E-state index contributed by atoms with van der Waals surface area (Å²) in [6.45, 7) is 9.35. The second-order valence-electron chi connectivity index (χ2n) is 4.87. The van der Waals surface area contributed by atoms with Crippen molar-refractivity contribution in [2.75, 3.05) is 0 Å². The quantitative estimate of drug-likeness (QED) is 0.434. The highest BCUT2D eigenvalue weighted by molar-refractivity contribution is 4.62. The lowest BCUT2D eigenvalue weighted by Gasteiger charge is -2.18. The molecule has 2 unspecified atom stereocenters. The van der Waals surface area contributed by atoms with E-state index in [9.17, 15) is 0 Å². The summed E-state index contributed by atoms with van der Waals surface area (Å²) in [5.41, 5.74) is 0. The molecule has 0 aliphatic carbocycles. The van der Waals surface area contributed by atoms with Crippen LogP contribution in [0.1, 0.15) is 79.1 Å². The maximum Gasteiger partial charge on any atom is -0.0414 e. The molecule has 14 heavy (non-hydrogen) atoms. The number of hydrogen-bond donors (Lipinski definition) is 0. The van der Waals surface area contributed by atoms with Crippen molar-refractivity contribution in [3.8, 4) is 0 Å². The summed E-state index contributed by atoms with van der Waals surface area (Å²) in [5.74, 6) is 1.94. The first-order valence-corrected chi connectivity index (χ1v) is 6.74. The van der Waals surface area contributed by atoms with Gasteiger partial charge in [0.1, 0.15) is 0 Å². The molecule has 0 aliphatic rings. The van der Waals surface area contributed by atoms with Crippen LogP contribution in [0, 0.1) is 11.8 Å². The van der Waals surface area contributed by atoms with Crippen LogP contribution in [0.25, 0.3) is 0 Å². The van der Waals surface area contributed by atoms with E-state index < -0.39 is 0 Å². The molecule has 0 amide bonds. The molecule has 0 nitrogen and oxygen atoms in total. The molecule has 0 N–H and O–H groups in total. The minimum Gasteiger partial charge on any atom is -0.0654 e. The van der Waals surface area contributed by atoms with E-state index in [1.54, 1.807) is 0 Å². The third-order valence-electron chi connectivity index (χ3n) is 3.48. The van der Waals surface area contributed by atoms with E-state index in [2.05, 4.69) is 27.7 Å². The Hall–Kier alpha value is 0. The van der Waals surface area contributed by atoms with Crippen LogP contribution in [0.15, 0.2) is 0 Å².